The number of nitrogens with one attached hydrogen (secondary N) is 2. The Balaban J connectivity index is 1.78. The van der Waals surface area contributed by atoms with E-state index < -0.39 is 0 Å². The van der Waals surface area contributed by atoms with E-state index in [1.807, 2.05) is 37.3 Å². The maximum atomic E-state index is 13.2. The third-order valence-electron chi connectivity index (χ3n) is 4.97. The number of hydrogen-bond acceptors (Lipinski definition) is 7. The van der Waals surface area contributed by atoms with Gasteiger partial charge in [0.15, 0.2) is 0 Å². The number of benzene rings is 1. The quantitative estimate of drug-likeness (QED) is 0.456. The van der Waals surface area contributed by atoms with Gasteiger partial charge in [-0.25, -0.2) is 4.98 Å². The second-order valence-corrected chi connectivity index (χ2v) is 7.89. The average Bonchev–Trinajstić information content (AvgIpc) is 3.21. The van der Waals surface area contributed by atoms with Crippen molar-refractivity contribution in [3.05, 3.63) is 64.6 Å². The van der Waals surface area contributed by atoms with Crippen molar-refractivity contribution in [3.8, 4) is 10.4 Å². The number of thiazole rings is 1. The molecule has 7 nitrogen and oxygen atoms in total. The SMILES string of the molecule is Cc1cccc(C(=N)c2nc(C(=O)N3CCNCC3)c(-c3cccnc3)s2)c1N. The van der Waals surface area contributed by atoms with Gasteiger partial charge in [0.2, 0.25) is 0 Å². The van der Waals surface area contributed by atoms with E-state index in [1.165, 1.54) is 11.3 Å². The molecule has 4 rings (SSSR count). The second kappa shape index (κ2) is 8.10. The first-order valence-electron chi connectivity index (χ1n) is 9.42. The molecule has 0 spiro atoms. The minimum Gasteiger partial charge on any atom is -0.398 e. The number of para-hydroxylation sites is 1. The Bertz CT molecular complexity index is 1060. The summed E-state index contributed by atoms with van der Waals surface area (Å²) in [5.74, 6) is -0.113. The lowest BCUT2D eigenvalue weighted by Crippen LogP contribution is -2.46. The summed E-state index contributed by atoms with van der Waals surface area (Å²) in [7, 11) is 0. The van der Waals surface area contributed by atoms with Gasteiger partial charge in [0.25, 0.3) is 5.91 Å². The Labute approximate surface area is 173 Å². The number of nitrogens with two attached hydrogens (primary N) is 1. The molecule has 29 heavy (non-hydrogen) atoms. The first-order valence-corrected chi connectivity index (χ1v) is 10.2. The van der Waals surface area contributed by atoms with Crippen molar-refractivity contribution in [2.45, 2.75) is 6.92 Å². The Hall–Kier alpha value is -3.10. The van der Waals surface area contributed by atoms with Crippen LogP contribution in [-0.2, 0) is 0 Å². The Morgan fingerprint density at radius 1 is 1.24 bits per heavy atom. The molecular weight excluding hydrogens is 384 g/mol. The smallest absolute Gasteiger partial charge is 0.274 e. The Kier molecular flexibility index (Phi) is 5.37. The number of nitrogens with zero attached hydrogens (tertiary/aromatic N) is 3. The summed E-state index contributed by atoms with van der Waals surface area (Å²) >= 11 is 1.33. The standard InChI is InChI=1S/C21H22N6OS/c1-13-4-2-6-15(16(13)22)17(23)20-26-18(21(28)27-10-8-24-9-11-27)19(29-20)14-5-3-7-25-12-14/h2-7,12,23-24H,8-11,22H2,1H3. The van der Waals surface area contributed by atoms with Crippen LogP contribution in [0.25, 0.3) is 10.4 Å². The number of carbonyl (C=O) groups is 1. The van der Waals surface area contributed by atoms with Gasteiger partial charge in [0, 0.05) is 55.4 Å². The molecule has 1 aliphatic rings. The second-order valence-electron chi connectivity index (χ2n) is 6.89. The fraction of sp³-hybridized carbons (Fsp3) is 0.238. The molecule has 1 fully saturated rings. The number of piperazine rings is 1. The number of nitrogen functional groups attached to an aromatic ring is 1. The van der Waals surface area contributed by atoms with Crippen molar-refractivity contribution in [1.82, 2.24) is 20.2 Å². The molecule has 8 heteroatoms. The van der Waals surface area contributed by atoms with E-state index in [0.29, 0.717) is 35.0 Å². The molecule has 0 atom stereocenters. The first kappa shape index (κ1) is 19.2. The molecule has 3 aromatic rings. The zero-order valence-corrected chi connectivity index (χ0v) is 16.9. The van der Waals surface area contributed by atoms with Crippen molar-refractivity contribution in [1.29, 1.82) is 5.41 Å². The summed E-state index contributed by atoms with van der Waals surface area (Å²) in [6.45, 7) is 4.72. The predicted octanol–water partition coefficient (Wildman–Crippen LogP) is 2.56. The summed E-state index contributed by atoms with van der Waals surface area (Å²) in [5.41, 5.74) is 9.70. The van der Waals surface area contributed by atoms with Crippen LogP contribution >= 0.6 is 11.3 Å². The molecule has 1 saturated heterocycles. The van der Waals surface area contributed by atoms with E-state index in [4.69, 9.17) is 11.1 Å². The summed E-state index contributed by atoms with van der Waals surface area (Å²) in [4.78, 5) is 24.5. The fourth-order valence-electron chi connectivity index (χ4n) is 3.30. The highest BCUT2D eigenvalue weighted by Crippen LogP contribution is 2.33. The van der Waals surface area contributed by atoms with Gasteiger partial charge in [-0.15, -0.1) is 11.3 Å². The van der Waals surface area contributed by atoms with Gasteiger partial charge in [-0.1, -0.05) is 24.3 Å². The number of amides is 1. The van der Waals surface area contributed by atoms with Crippen molar-refractivity contribution in [2.75, 3.05) is 31.9 Å². The Morgan fingerprint density at radius 3 is 2.76 bits per heavy atom. The van der Waals surface area contributed by atoms with E-state index in [2.05, 4.69) is 15.3 Å². The molecule has 2 aromatic heterocycles. The maximum absolute atomic E-state index is 13.2. The van der Waals surface area contributed by atoms with Crippen LogP contribution in [0.15, 0.2) is 42.7 Å². The lowest BCUT2D eigenvalue weighted by Gasteiger charge is -2.27. The van der Waals surface area contributed by atoms with E-state index in [1.54, 1.807) is 17.3 Å². The number of aryl methyl sites for hydroxylation is 1. The number of anilines is 1. The number of carbonyl (C=O) groups excluding carboxylic acids is 1. The third-order valence-corrected chi connectivity index (χ3v) is 6.09. The van der Waals surface area contributed by atoms with E-state index in [-0.39, 0.29) is 11.6 Å². The summed E-state index contributed by atoms with van der Waals surface area (Å²) in [6, 6.07) is 9.33. The van der Waals surface area contributed by atoms with Crippen LogP contribution in [0.4, 0.5) is 5.69 Å². The monoisotopic (exact) mass is 406 g/mol. The van der Waals surface area contributed by atoms with Crippen LogP contribution in [-0.4, -0.2) is 52.7 Å². The van der Waals surface area contributed by atoms with Crippen LogP contribution in [0.1, 0.15) is 26.6 Å². The third kappa shape index (κ3) is 3.76. The largest absolute Gasteiger partial charge is 0.398 e. The minimum atomic E-state index is -0.113. The number of aromatic nitrogens is 2. The zero-order chi connectivity index (χ0) is 20.4. The van der Waals surface area contributed by atoms with Crippen LogP contribution in [0.3, 0.4) is 0 Å². The molecular formula is C21H22N6OS. The van der Waals surface area contributed by atoms with Gasteiger partial charge in [-0.2, -0.15) is 0 Å². The highest BCUT2D eigenvalue weighted by atomic mass is 32.1. The van der Waals surface area contributed by atoms with Gasteiger partial charge in [0.1, 0.15) is 10.7 Å². The molecule has 0 bridgehead atoms. The summed E-state index contributed by atoms with van der Waals surface area (Å²) in [6.07, 6.45) is 3.41. The van der Waals surface area contributed by atoms with Gasteiger partial charge < -0.3 is 16.0 Å². The van der Waals surface area contributed by atoms with E-state index in [0.717, 1.165) is 29.1 Å². The molecule has 4 N–H and O–H groups in total. The molecule has 1 aliphatic heterocycles. The first-order chi connectivity index (χ1) is 14.1. The van der Waals surface area contributed by atoms with Gasteiger partial charge in [-0.05, 0) is 18.6 Å². The van der Waals surface area contributed by atoms with Gasteiger partial charge >= 0.3 is 0 Å². The molecule has 1 amide bonds. The van der Waals surface area contributed by atoms with Crippen molar-refractivity contribution >= 4 is 28.6 Å². The Morgan fingerprint density at radius 2 is 2.03 bits per heavy atom. The summed E-state index contributed by atoms with van der Waals surface area (Å²) in [5, 5.41) is 12.4. The van der Waals surface area contributed by atoms with E-state index in [9.17, 15) is 4.79 Å². The zero-order valence-electron chi connectivity index (χ0n) is 16.1. The van der Waals surface area contributed by atoms with Gasteiger partial charge in [0.05, 0.1) is 10.6 Å². The summed E-state index contributed by atoms with van der Waals surface area (Å²) < 4.78 is 0. The van der Waals surface area contributed by atoms with Crippen LogP contribution in [0, 0.1) is 12.3 Å². The van der Waals surface area contributed by atoms with Crippen molar-refractivity contribution < 1.29 is 4.79 Å². The average molecular weight is 407 g/mol. The molecule has 0 radical (unpaired) electrons. The van der Waals surface area contributed by atoms with Crippen LogP contribution < -0.4 is 11.1 Å². The van der Waals surface area contributed by atoms with Crippen molar-refractivity contribution in [3.63, 3.8) is 0 Å². The highest BCUT2D eigenvalue weighted by molar-refractivity contribution is 7.17. The molecule has 0 saturated carbocycles. The van der Waals surface area contributed by atoms with Gasteiger partial charge in [-0.3, -0.25) is 15.2 Å². The van der Waals surface area contributed by atoms with E-state index >= 15 is 0 Å². The molecule has 148 valence electrons. The van der Waals surface area contributed by atoms with Crippen molar-refractivity contribution in [2.24, 2.45) is 0 Å². The fourth-order valence-corrected chi connectivity index (χ4v) is 4.31. The molecule has 3 heterocycles. The molecule has 0 unspecified atom stereocenters. The highest BCUT2D eigenvalue weighted by Gasteiger charge is 2.27. The lowest BCUT2D eigenvalue weighted by atomic mass is 10.0. The van der Waals surface area contributed by atoms with Crippen LogP contribution in [0.5, 0.6) is 0 Å². The normalized spacial score (nSPS) is 14.0. The van der Waals surface area contributed by atoms with Crippen LogP contribution in [0.2, 0.25) is 0 Å². The lowest BCUT2D eigenvalue weighted by molar-refractivity contribution is 0.0731. The predicted molar refractivity (Wildman–Crippen MR) is 116 cm³/mol. The number of rotatable bonds is 4. The molecule has 0 aliphatic carbocycles. The topological polar surface area (TPSA) is 108 Å². The number of pyridine rings is 1. The maximum Gasteiger partial charge on any atom is 0.274 e. The minimum absolute atomic E-state index is 0.113. The number of hydrogen-bond donors (Lipinski definition) is 3. The molecule has 1 aromatic carbocycles.